The Kier molecular flexibility index (Phi) is 9.90. The van der Waals surface area contributed by atoms with Crippen LogP contribution in [0.25, 0.3) is 0 Å². The molecule has 2 N–H and O–H groups in total. The number of ether oxygens (including phenoxy) is 3. The maximum Gasteiger partial charge on any atom is 0.508 e. The lowest BCUT2D eigenvalue weighted by Crippen LogP contribution is -2.44. The van der Waals surface area contributed by atoms with Crippen LogP contribution in [0.5, 0.6) is 0 Å². The molecule has 2 unspecified atom stereocenters. The molecule has 2 heterocycles. The summed E-state index contributed by atoms with van der Waals surface area (Å²) in [6.07, 6.45) is 4.84. The zero-order chi connectivity index (χ0) is 28.7. The Morgan fingerprint density at radius 1 is 1.15 bits per heavy atom. The molecule has 0 saturated carbocycles. The van der Waals surface area contributed by atoms with Crippen molar-refractivity contribution in [2.45, 2.75) is 82.4 Å². The van der Waals surface area contributed by atoms with Crippen LogP contribution in [0.1, 0.15) is 48.7 Å². The number of aliphatic hydroxyl groups is 1. The molecule has 1 aromatic heterocycles. The number of aliphatic hydroxyl groups excluding tert-OH is 1. The van der Waals surface area contributed by atoms with E-state index in [1.165, 1.54) is 16.8 Å². The summed E-state index contributed by atoms with van der Waals surface area (Å²) in [5, 5.41) is 13.7. The van der Waals surface area contributed by atoms with Crippen LogP contribution in [0.15, 0.2) is 59.5 Å². The molecular weight excluding hydrogens is 534 g/mol. The number of hydrogen-bond acceptors (Lipinski definition) is 9. The van der Waals surface area contributed by atoms with Crippen LogP contribution in [0, 0.1) is 0 Å². The van der Waals surface area contributed by atoms with E-state index in [-0.39, 0.29) is 18.5 Å². The molecule has 216 valence electrons. The third kappa shape index (κ3) is 8.10. The van der Waals surface area contributed by atoms with Gasteiger partial charge in [0.15, 0.2) is 14.5 Å². The van der Waals surface area contributed by atoms with Gasteiger partial charge in [-0.2, -0.15) is 4.98 Å². The SMILES string of the molecule is C[Si](C)(C)OC1[C@H](n2ccc(NC(=O)c3ccccc3)nc2=O)O[C@H](COC(=O)OC2/C=C/CCCCC2)[C@H]1O. The average Bonchev–Trinajstić information content (AvgIpc) is 3.18. The summed E-state index contributed by atoms with van der Waals surface area (Å²) in [6.45, 7) is 5.56. The van der Waals surface area contributed by atoms with Crippen LogP contribution < -0.4 is 11.0 Å². The van der Waals surface area contributed by atoms with E-state index in [4.69, 9.17) is 18.6 Å². The number of carbonyl (C=O) groups excluding carboxylic acids is 2. The van der Waals surface area contributed by atoms with Crippen molar-refractivity contribution in [2.24, 2.45) is 0 Å². The molecule has 12 heteroatoms. The fraction of sp³-hybridized carbons (Fsp3) is 0.500. The Morgan fingerprint density at radius 2 is 1.93 bits per heavy atom. The predicted molar refractivity (Wildman–Crippen MR) is 149 cm³/mol. The third-order valence-electron chi connectivity index (χ3n) is 6.51. The molecule has 1 fully saturated rings. The van der Waals surface area contributed by atoms with E-state index in [9.17, 15) is 19.5 Å². The van der Waals surface area contributed by atoms with Gasteiger partial charge in [0.1, 0.15) is 36.8 Å². The molecule has 1 saturated heterocycles. The second kappa shape index (κ2) is 13.4. The molecule has 0 radical (unpaired) electrons. The van der Waals surface area contributed by atoms with E-state index >= 15 is 0 Å². The summed E-state index contributed by atoms with van der Waals surface area (Å²) >= 11 is 0. The molecule has 1 amide bonds. The van der Waals surface area contributed by atoms with Gasteiger partial charge in [-0.1, -0.05) is 30.7 Å². The van der Waals surface area contributed by atoms with Crippen molar-refractivity contribution in [1.82, 2.24) is 9.55 Å². The van der Waals surface area contributed by atoms with E-state index in [0.717, 1.165) is 32.1 Å². The number of aromatic nitrogens is 2. The van der Waals surface area contributed by atoms with Gasteiger partial charge in [0.2, 0.25) is 0 Å². The third-order valence-corrected chi connectivity index (χ3v) is 7.49. The van der Waals surface area contributed by atoms with Crippen molar-refractivity contribution < 1.29 is 33.3 Å². The number of anilines is 1. The number of hydrogen-bond donors (Lipinski definition) is 2. The summed E-state index contributed by atoms with van der Waals surface area (Å²) in [7, 11) is -2.21. The van der Waals surface area contributed by atoms with Crippen molar-refractivity contribution in [3.8, 4) is 0 Å². The fourth-order valence-corrected chi connectivity index (χ4v) is 5.68. The zero-order valence-corrected chi connectivity index (χ0v) is 24.0. The van der Waals surface area contributed by atoms with E-state index in [2.05, 4.69) is 10.3 Å². The quantitative estimate of drug-likeness (QED) is 0.273. The van der Waals surface area contributed by atoms with Gasteiger partial charge >= 0.3 is 11.8 Å². The number of amides is 1. The summed E-state index contributed by atoms with van der Waals surface area (Å²) in [5.41, 5.74) is -0.282. The van der Waals surface area contributed by atoms with Crippen LogP contribution in [0.4, 0.5) is 10.6 Å². The van der Waals surface area contributed by atoms with Gasteiger partial charge in [-0.15, -0.1) is 0 Å². The first kappa shape index (κ1) is 29.7. The first-order chi connectivity index (χ1) is 19.1. The molecule has 4 rings (SSSR count). The average molecular weight is 572 g/mol. The lowest BCUT2D eigenvalue weighted by atomic mass is 10.0. The van der Waals surface area contributed by atoms with Gasteiger partial charge in [0.05, 0.1) is 0 Å². The molecule has 1 aliphatic heterocycles. The molecule has 1 aliphatic carbocycles. The molecule has 0 bridgehead atoms. The Morgan fingerprint density at radius 3 is 2.65 bits per heavy atom. The van der Waals surface area contributed by atoms with Gasteiger partial charge < -0.3 is 29.1 Å². The minimum Gasteiger partial charge on any atom is -0.431 e. The van der Waals surface area contributed by atoms with Gasteiger partial charge in [-0.05, 0) is 69.6 Å². The van der Waals surface area contributed by atoms with Crippen LogP contribution in [-0.4, -0.2) is 66.1 Å². The van der Waals surface area contributed by atoms with Crippen LogP contribution in [-0.2, 0) is 18.6 Å². The Labute approximate surface area is 234 Å². The van der Waals surface area contributed by atoms with Gasteiger partial charge in [-0.25, -0.2) is 9.59 Å². The van der Waals surface area contributed by atoms with Gasteiger partial charge in [0.25, 0.3) is 5.91 Å². The Bertz CT molecular complexity index is 1250. The smallest absolute Gasteiger partial charge is 0.431 e. The normalized spacial score (nSPS) is 25.9. The lowest BCUT2D eigenvalue weighted by molar-refractivity contribution is -0.0652. The molecule has 40 heavy (non-hydrogen) atoms. The lowest BCUT2D eigenvalue weighted by Gasteiger charge is -2.29. The van der Waals surface area contributed by atoms with Crippen molar-refractivity contribution in [1.29, 1.82) is 0 Å². The predicted octanol–water partition coefficient (Wildman–Crippen LogP) is 4.02. The first-order valence-electron chi connectivity index (χ1n) is 13.6. The van der Waals surface area contributed by atoms with Gasteiger partial charge in [0, 0.05) is 11.8 Å². The Balaban J connectivity index is 1.44. The molecule has 0 spiro atoms. The van der Waals surface area contributed by atoms with Crippen LogP contribution in [0.2, 0.25) is 19.6 Å². The standard InChI is InChI=1S/C28H37N3O8Si/c1-40(2,3)39-24-23(32)21(18-36-28(35)37-20-14-10-5-4-6-11-15-20)38-26(24)31-17-16-22(30-27(31)34)29-25(33)19-12-8-7-9-13-19/h7-10,12-14,16-17,20-21,23-24,26,32H,4-6,11,15,18H2,1-3H3,(H,29,30,33,34)/b14-10+/t20?,21-,23-,24?,26-/m1/s1. The highest BCUT2D eigenvalue weighted by molar-refractivity contribution is 6.69. The minimum atomic E-state index is -2.21. The zero-order valence-electron chi connectivity index (χ0n) is 23.0. The molecule has 11 nitrogen and oxygen atoms in total. The maximum atomic E-state index is 13.0. The van der Waals surface area contributed by atoms with Crippen molar-refractivity contribution >= 4 is 26.2 Å². The number of nitrogens with one attached hydrogen (secondary N) is 1. The summed E-state index contributed by atoms with van der Waals surface area (Å²) in [4.78, 5) is 41.8. The van der Waals surface area contributed by atoms with Gasteiger partial charge in [-0.3, -0.25) is 9.36 Å². The summed E-state index contributed by atoms with van der Waals surface area (Å²) in [5.74, 6) is -0.334. The number of nitrogens with zero attached hydrogens (tertiary/aromatic N) is 2. The number of carbonyl (C=O) groups is 2. The minimum absolute atomic E-state index is 0.0715. The second-order valence-electron chi connectivity index (χ2n) is 10.9. The van der Waals surface area contributed by atoms with E-state index in [1.54, 1.807) is 30.3 Å². The number of allylic oxidation sites excluding steroid dienone is 1. The summed E-state index contributed by atoms with van der Waals surface area (Å²) < 4.78 is 24.1. The number of rotatable bonds is 8. The highest BCUT2D eigenvalue weighted by Crippen LogP contribution is 2.33. The summed E-state index contributed by atoms with van der Waals surface area (Å²) in [6, 6.07) is 10.0. The highest BCUT2D eigenvalue weighted by Gasteiger charge is 2.48. The monoisotopic (exact) mass is 571 g/mol. The van der Waals surface area contributed by atoms with Crippen molar-refractivity contribution in [3.05, 3.63) is 70.8 Å². The van der Waals surface area contributed by atoms with E-state index in [1.807, 2.05) is 31.8 Å². The molecular formula is C28H37N3O8Si. The van der Waals surface area contributed by atoms with E-state index in [0.29, 0.717) is 5.56 Å². The largest absolute Gasteiger partial charge is 0.508 e. The fourth-order valence-electron chi connectivity index (χ4n) is 4.60. The molecule has 5 atom stereocenters. The number of benzene rings is 1. The van der Waals surface area contributed by atoms with Crippen LogP contribution >= 0.6 is 0 Å². The van der Waals surface area contributed by atoms with Crippen molar-refractivity contribution in [2.75, 3.05) is 11.9 Å². The first-order valence-corrected chi connectivity index (χ1v) is 17.0. The molecule has 1 aromatic carbocycles. The topological polar surface area (TPSA) is 138 Å². The maximum absolute atomic E-state index is 13.0. The molecule has 2 aliphatic rings. The van der Waals surface area contributed by atoms with Crippen LogP contribution in [0.3, 0.4) is 0 Å². The highest BCUT2D eigenvalue weighted by atomic mass is 28.4. The van der Waals surface area contributed by atoms with Crippen molar-refractivity contribution in [3.63, 3.8) is 0 Å². The Hall–Kier alpha value is -3.32. The van der Waals surface area contributed by atoms with E-state index < -0.39 is 50.6 Å². The molecule has 2 aromatic rings. The second-order valence-corrected chi connectivity index (χ2v) is 15.3.